The van der Waals surface area contributed by atoms with E-state index in [1.807, 2.05) is 92.7 Å². The molecule has 5 rings (SSSR count). The maximum Gasteiger partial charge on any atom is 0.338 e. The predicted octanol–water partition coefficient (Wildman–Crippen LogP) is 5.82. The molecule has 7 nitrogen and oxygen atoms in total. The molecular weight excluding hydrogens is 572 g/mol. The number of allylic oxidation sites excluding steroid dienone is 1. The summed E-state index contributed by atoms with van der Waals surface area (Å²) in [4.78, 5) is 32.4. The van der Waals surface area contributed by atoms with Crippen molar-refractivity contribution in [3.8, 4) is 11.5 Å². The summed E-state index contributed by atoms with van der Waals surface area (Å²) in [5.41, 5.74) is 2.99. The Balaban J connectivity index is 1.58. The van der Waals surface area contributed by atoms with E-state index in [-0.39, 0.29) is 18.3 Å². The van der Waals surface area contributed by atoms with Crippen LogP contribution >= 0.6 is 22.9 Å². The molecule has 0 unspecified atom stereocenters. The molecule has 42 heavy (non-hydrogen) atoms. The van der Waals surface area contributed by atoms with Gasteiger partial charge in [0.2, 0.25) is 0 Å². The van der Waals surface area contributed by atoms with E-state index >= 15 is 0 Å². The third-order valence-corrected chi connectivity index (χ3v) is 7.76. The third kappa shape index (κ3) is 6.35. The van der Waals surface area contributed by atoms with Crippen molar-refractivity contribution in [3.63, 3.8) is 0 Å². The van der Waals surface area contributed by atoms with E-state index in [0.717, 1.165) is 11.1 Å². The van der Waals surface area contributed by atoms with Gasteiger partial charge in [-0.3, -0.25) is 9.36 Å². The van der Waals surface area contributed by atoms with Gasteiger partial charge in [0, 0.05) is 10.6 Å². The van der Waals surface area contributed by atoms with Gasteiger partial charge in [-0.15, -0.1) is 0 Å². The molecule has 1 atom stereocenters. The molecule has 1 aliphatic rings. The highest BCUT2D eigenvalue weighted by Gasteiger charge is 2.35. The van der Waals surface area contributed by atoms with Crippen molar-refractivity contribution in [1.29, 1.82) is 0 Å². The van der Waals surface area contributed by atoms with Crippen LogP contribution in [0.15, 0.2) is 93.9 Å². The number of halogens is 1. The van der Waals surface area contributed by atoms with Gasteiger partial charge in [-0.05, 0) is 75.2 Å². The normalized spacial score (nSPS) is 14.9. The summed E-state index contributed by atoms with van der Waals surface area (Å²) in [5, 5.41) is 0.651. The van der Waals surface area contributed by atoms with Gasteiger partial charge in [-0.1, -0.05) is 65.4 Å². The summed E-state index contributed by atoms with van der Waals surface area (Å²) in [5.74, 6) is 0.740. The fourth-order valence-electron chi connectivity index (χ4n) is 4.79. The highest BCUT2D eigenvalue weighted by molar-refractivity contribution is 7.07. The van der Waals surface area contributed by atoms with E-state index in [4.69, 9.17) is 25.8 Å². The molecule has 9 heteroatoms. The Morgan fingerprint density at radius 3 is 2.64 bits per heavy atom. The number of fused-ring (bicyclic) bond motifs is 1. The largest absolute Gasteiger partial charge is 0.491 e. The number of thiazole rings is 1. The lowest BCUT2D eigenvalue weighted by molar-refractivity contribution is -0.139. The average molecular weight is 603 g/mol. The maximum atomic E-state index is 14.0. The van der Waals surface area contributed by atoms with Crippen LogP contribution in [0.25, 0.3) is 6.08 Å². The SMILES string of the molecule is CCOC(=O)C1=C(C)N=c2s/c(=C\c3cccc(OCc4cccc(Cl)c4)c3)c(=O)n2[C@@H]1c1ccccc1OC(C)C. The molecule has 0 fully saturated rings. The third-order valence-electron chi connectivity index (χ3n) is 6.54. The van der Waals surface area contributed by atoms with Crippen molar-refractivity contribution in [3.05, 3.63) is 125 Å². The summed E-state index contributed by atoms with van der Waals surface area (Å²) in [6.45, 7) is 7.95. The molecule has 0 N–H and O–H groups in total. The molecule has 0 saturated carbocycles. The molecular formula is C33H31ClN2O5S. The second-order valence-electron chi connectivity index (χ2n) is 10.00. The zero-order valence-electron chi connectivity index (χ0n) is 23.8. The highest BCUT2D eigenvalue weighted by atomic mass is 35.5. The summed E-state index contributed by atoms with van der Waals surface area (Å²) >= 11 is 7.37. The lowest BCUT2D eigenvalue weighted by Crippen LogP contribution is -2.40. The quantitative estimate of drug-likeness (QED) is 0.226. The van der Waals surface area contributed by atoms with Crippen molar-refractivity contribution in [2.45, 2.75) is 46.4 Å². The smallest absolute Gasteiger partial charge is 0.338 e. The summed E-state index contributed by atoms with van der Waals surface area (Å²) in [6.07, 6.45) is 1.71. The van der Waals surface area contributed by atoms with Gasteiger partial charge in [-0.25, -0.2) is 9.79 Å². The first-order valence-electron chi connectivity index (χ1n) is 13.7. The van der Waals surface area contributed by atoms with Crippen LogP contribution in [0.3, 0.4) is 0 Å². The second kappa shape index (κ2) is 12.8. The minimum atomic E-state index is -0.759. The van der Waals surface area contributed by atoms with Gasteiger partial charge in [-0.2, -0.15) is 0 Å². The summed E-state index contributed by atoms with van der Waals surface area (Å²) in [7, 11) is 0. The van der Waals surface area contributed by atoms with E-state index in [2.05, 4.69) is 4.99 Å². The first kappa shape index (κ1) is 29.4. The first-order valence-corrected chi connectivity index (χ1v) is 14.9. The molecule has 0 amide bonds. The van der Waals surface area contributed by atoms with E-state index in [1.165, 1.54) is 11.3 Å². The maximum absolute atomic E-state index is 14.0. The Morgan fingerprint density at radius 2 is 1.88 bits per heavy atom. The summed E-state index contributed by atoms with van der Waals surface area (Å²) in [6, 6.07) is 21.7. The van der Waals surface area contributed by atoms with Gasteiger partial charge in [0.15, 0.2) is 4.80 Å². The topological polar surface area (TPSA) is 79.1 Å². The molecule has 0 radical (unpaired) electrons. The van der Waals surface area contributed by atoms with E-state index < -0.39 is 12.0 Å². The standard InChI is InChI=1S/C33H31ClN2O5S/c1-5-39-32(38)29-21(4)35-33-36(30(29)26-14-6-7-15-27(26)41-20(2)3)31(37)28(42-33)18-22-10-9-13-25(17-22)40-19-23-11-8-12-24(34)16-23/h6-18,20,30H,5,19H2,1-4H3/b28-18-/t30-/m1/s1. The highest BCUT2D eigenvalue weighted by Crippen LogP contribution is 2.36. The Morgan fingerprint density at radius 1 is 1.10 bits per heavy atom. The zero-order valence-corrected chi connectivity index (χ0v) is 25.4. The molecule has 216 valence electrons. The van der Waals surface area contributed by atoms with Crippen molar-refractivity contribution in [1.82, 2.24) is 4.57 Å². The molecule has 1 aromatic heterocycles. The van der Waals surface area contributed by atoms with Gasteiger partial charge in [0.1, 0.15) is 24.1 Å². The van der Waals surface area contributed by atoms with Gasteiger partial charge in [0.25, 0.3) is 5.56 Å². The number of hydrogen-bond acceptors (Lipinski definition) is 7. The van der Waals surface area contributed by atoms with Crippen LogP contribution in [0.1, 0.15) is 50.4 Å². The Bertz CT molecular complexity index is 1840. The molecule has 4 aromatic rings. The van der Waals surface area contributed by atoms with E-state index in [0.29, 0.717) is 49.3 Å². The Hall–Kier alpha value is -4.14. The molecule has 0 aliphatic carbocycles. The van der Waals surface area contributed by atoms with Crippen LogP contribution in [0.5, 0.6) is 11.5 Å². The van der Waals surface area contributed by atoms with Crippen LogP contribution in [0.2, 0.25) is 5.02 Å². The number of esters is 1. The van der Waals surface area contributed by atoms with Crippen LogP contribution in [0.4, 0.5) is 0 Å². The number of benzene rings is 3. The molecule has 2 heterocycles. The van der Waals surface area contributed by atoms with Gasteiger partial charge >= 0.3 is 5.97 Å². The zero-order chi connectivity index (χ0) is 29.8. The lowest BCUT2D eigenvalue weighted by atomic mass is 9.95. The molecule has 0 bridgehead atoms. The minimum absolute atomic E-state index is 0.105. The van der Waals surface area contributed by atoms with Gasteiger partial charge < -0.3 is 14.2 Å². The van der Waals surface area contributed by atoms with Crippen molar-refractivity contribution >= 4 is 35.0 Å². The number of ether oxygens (including phenoxy) is 3. The first-order chi connectivity index (χ1) is 20.2. The van der Waals surface area contributed by atoms with E-state index in [9.17, 15) is 9.59 Å². The monoisotopic (exact) mass is 602 g/mol. The number of hydrogen-bond donors (Lipinski definition) is 0. The van der Waals surface area contributed by atoms with Crippen molar-refractivity contribution in [2.75, 3.05) is 6.61 Å². The van der Waals surface area contributed by atoms with E-state index in [1.54, 1.807) is 18.4 Å². The lowest BCUT2D eigenvalue weighted by Gasteiger charge is -2.26. The van der Waals surface area contributed by atoms with Crippen LogP contribution < -0.4 is 24.4 Å². The molecule has 0 spiro atoms. The fraction of sp³-hybridized carbons (Fsp3) is 0.242. The van der Waals surface area contributed by atoms with Crippen LogP contribution in [-0.4, -0.2) is 23.2 Å². The number of aromatic nitrogens is 1. The molecule has 0 saturated heterocycles. The number of carbonyl (C=O) groups is 1. The van der Waals surface area contributed by atoms with Crippen LogP contribution in [0, 0.1) is 0 Å². The summed E-state index contributed by atoms with van der Waals surface area (Å²) < 4.78 is 19.6. The average Bonchev–Trinajstić information content (AvgIpc) is 3.25. The van der Waals surface area contributed by atoms with Gasteiger partial charge in [0.05, 0.1) is 28.5 Å². The molecule has 1 aliphatic heterocycles. The minimum Gasteiger partial charge on any atom is -0.491 e. The number of nitrogens with zero attached hydrogens (tertiary/aromatic N) is 2. The van der Waals surface area contributed by atoms with Crippen molar-refractivity contribution < 1.29 is 19.0 Å². The predicted molar refractivity (Wildman–Crippen MR) is 165 cm³/mol. The number of carbonyl (C=O) groups excluding carboxylic acids is 1. The Labute approximate surface area is 253 Å². The van der Waals surface area contributed by atoms with Crippen molar-refractivity contribution in [2.24, 2.45) is 4.99 Å². The fourth-order valence-corrected chi connectivity index (χ4v) is 6.05. The number of para-hydroxylation sites is 1. The molecule has 3 aromatic carbocycles. The van der Waals surface area contributed by atoms with Crippen LogP contribution in [-0.2, 0) is 16.1 Å². The Kier molecular flexibility index (Phi) is 8.94. The number of rotatable bonds is 9. The second-order valence-corrected chi connectivity index (χ2v) is 11.4.